The quantitative estimate of drug-likeness (QED) is 0.934. The maximum absolute atomic E-state index is 13.9. The van der Waals surface area contributed by atoms with Crippen LogP contribution in [0.2, 0.25) is 0 Å². The highest BCUT2D eigenvalue weighted by molar-refractivity contribution is 5.37. The van der Waals surface area contributed by atoms with Crippen LogP contribution in [0.25, 0.3) is 0 Å². The number of aryl methyl sites for hydroxylation is 1. The van der Waals surface area contributed by atoms with Gasteiger partial charge in [0.2, 0.25) is 5.88 Å². The van der Waals surface area contributed by atoms with Crippen molar-refractivity contribution < 1.29 is 9.13 Å². The van der Waals surface area contributed by atoms with Gasteiger partial charge in [-0.3, -0.25) is 0 Å². The average molecular weight is 273 g/mol. The highest BCUT2D eigenvalue weighted by Gasteiger charge is 2.18. The third-order valence-corrected chi connectivity index (χ3v) is 3.52. The van der Waals surface area contributed by atoms with E-state index in [0.29, 0.717) is 12.4 Å². The minimum absolute atomic E-state index is 0.175. The largest absolute Gasteiger partial charge is 0.436 e. The molecule has 1 aliphatic rings. The molecule has 1 aromatic heterocycles. The Morgan fingerprint density at radius 3 is 2.85 bits per heavy atom. The van der Waals surface area contributed by atoms with Gasteiger partial charge in [0, 0.05) is 12.1 Å². The molecule has 0 bridgehead atoms. The molecular formula is C15H16FN3O. The van der Waals surface area contributed by atoms with Gasteiger partial charge < -0.3 is 10.5 Å². The maximum atomic E-state index is 13.9. The molecule has 2 aromatic rings. The van der Waals surface area contributed by atoms with Crippen LogP contribution in [0.1, 0.15) is 29.7 Å². The molecule has 0 saturated carbocycles. The van der Waals surface area contributed by atoms with Crippen molar-refractivity contribution in [2.45, 2.75) is 32.2 Å². The van der Waals surface area contributed by atoms with Crippen molar-refractivity contribution in [3.63, 3.8) is 0 Å². The molecule has 3 rings (SSSR count). The number of hydrogen-bond donors (Lipinski definition) is 1. The average Bonchev–Trinajstić information content (AvgIpc) is 2.49. The Labute approximate surface area is 116 Å². The summed E-state index contributed by atoms with van der Waals surface area (Å²) in [6.07, 6.45) is 5.51. The molecule has 1 aliphatic carbocycles. The SMILES string of the molecule is NCc1ccc(Oc2ncnc3c2CCCC3)c(F)c1. The Balaban J connectivity index is 1.92. The fourth-order valence-electron chi connectivity index (χ4n) is 2.44. The van der Waals surface area contributed by atoms with Gasteiger partial charge in [0.25, 0.3) is 0 Å². The second-order valence-corrected chi connectivity index (χ2v) is 4.88. The molecule has 0 unspecified atom stereocenters. The van der Waals surface area contributed by atoms with Crippen molar-refractivity contribution in [1.82, 2.24) is 9.97 Å². The predicted octanol–water partition coefficient (Wildman–Crippen LogP) is 2.75. The summed E-state index contributed by atoms with van der Waals surface area (Å²) < 4.78 is 19.6. The molecule has 104 valence electrons. The van der Waals surface area contributed by atoms with Crippen molar-refractivity contribution in [1.29, 1.82) is 0 Å². The molecule has 0 fully saturated rings. The molecule has 20 heavy (non-hydrogen) atoms. The van der Waals surface area contributed by atoms with Crippen LogP contribution in [0.4, 0.5) is 4.39 Å². The topological polar surface area (TPSA) is 61.0 Å². The molecule has 0 aliphatic heterocycles. The first-order valence-corrected chi connectivity index (χ1v) is 6.77. The Morgan fingerprint density at radius 1 is 1.20 bits per heavy atom. The highest BCUT2D eigenvalue weighted by Crippen LogP contribution is 2.30. The monoisotopic (exact) mass is 273 g/mol. The molecule has 4 nitrogen and oxygen atoms in total. The number of hydrogen-bond acceptors (Lipinski definition) is 4. The minimum atomic E-state index is -0.420. The van der Waals surface area contributed by atoms with Crippen LogP contribution in [-0.4, -0.2) is 9.97 Å². The van der Waals surface area contributed by atoms with Gasteiger partial charge in [-0.1, -0.05) is 6.07 Å². The molecule has 5 heteroatoms. The number of nitrogens with two attached hydrogens (primary N) is 1. The van der Waals surface area contributed by atoms with Gasteiger partial charge in [-0.15, -0.1) is 0 Å². The summed E-state index contributed by atoms with van der Waals surface area (Å²) in [7, 11) is 0. The van der Waals surface area contributed by atoms with E-state index in [1.54, 1.807) is 12.1 Å². The molecule has 0 amide bonds. The second kappa shape index (κ2) is 5.54. The number of aromatic nitrogens is 2. The zero-order valence-corrected chi connectivity index (χ0v) is 11.1. The molecule has 1 heterocycles. The highest BCUT2D eigenvalue weighted by atomic mass is 19.1. The van der Waals surface area contributed by atoms with E-state index in [0.717, 1.165) is 42.5 Å². The molecule has 1 aromatic carbocycles. The van der Waals surface area contributed by atoms with Crippen molar-refractivity contribution in [2.75, 3.05) is 0 Å². The summed E-state index contributed by atoms with van der Waals surface area (Å²) in [6, 6.07) is 4.74. The Kier molecular flexibility index (Phi) is 3.60. The third kappa shape index (κ3) is 2.49. The van der Waals surface area contributed by atoms with Gasteiger partial charge in [-0.2, -0.15) is 0 Å². The number of nitrogens with zero attached hydrogens (tertiary/aromatic N) is 2. The number of benzene rings is 1. The third-order valence-electron chi connectivity index (χ3n) is 3.52. The van der Waals surface area contributed by atoms with Crippen LogP contribution in [0.5, 0.6) is 11.6 Å². The number of halogens is 1. The van der Waals surface area contributed by atoms with E-state index in [1.807, 2.05) is 0 Å². The molecule has 0 saturated heterocycles. The van der Waals surface area contributed by atoms with Crippen molar-refractivity contribution in [2.24, 2.45) is 5.73 Å². The maximum Gasteiger partial charge on any atom is 0.225 e. The fraction of sp³-hybridized carbons (Fsp3) is 0.333. The lowest BCUT2D eigenvalue weighted by Crippen LogP contribution is -2.08. The molecule has 0 spiro atoms. The molecular weight excluding hydrogens is 257 g/mol. The summed E-state index contributed by atoms with van der Waals surface area (Å²) in [5.74, 6) is 0.221. The fourth-order valence-corrected chi connectivity index (χ4v) is 2.44. The predicted molar refractivity (Wildman–Crippen MR) is 73.0 cm³/mol. The Bertz CT molecular complexity index is 631. The lowest BCUT2D eigenvalue weighted by molar-refractivity contribution is 0.416. The standard InChI is InChI=1S/C15H16FN3O/c16-12-7-10(8-17)5-6-14(12)20-15-11-3-1-2-4-13(11)18-9-19-15/h5-7,9H,1-4,8,17H2. The lowest BCUT2D eigenvalue weighted by Gasteiger charge is -2.17. The number of rotatable bonds is 3. The minimum Gasteiger partial charge on any atom is -0.436 e. The van der Waals surface area contributed by atoms with E-state index in [1.165, 1.54) is 12.4 Å². The van der Waals surface area contributed by atoms with Crippen LogP contribution >= 0.6 is 0 Å². The molecule has 2 N–H and O–H groups in total. The van der Waals surface area contributed by atoms with E-state index < -0.39 is 5.82 Å². The summed E-state index contributed by atoms with van der Waals surface area (Å²) in [4.78, 5) is 8.42. The van der Waals surface area contributed by atoms with E-state index in [2.05, 4.69) is 9.97 Å². The first kappa shape index (κ1) is 13.0. The Morgan fingerprint density at radius 2 is 2.05 bits per heavy atom. The second-order valence-electron chi connectivity index (χ2n) is 4.88. The van der Waals surface area contributed by atoms with Gasteiger partial charge in [-0.25, -0.2) is 14.4 Å². The van der Waals surface area contributed by atoms with E-state index in [-0.39, 0.29) is 5.75 Å². The van der Waals surface area contributed by atoms with E-state index in [4.69, 9.17) is 10.5 Å². The lowest BCUT2D eigenvalue weighted by atomic mass is 9.97. The first-order valence-electron chi connectivity index (χ1n) is 6.77. The van der Waals surface area contributed by atoms with Gasteiger partial charge in [0.15, 0.2) is 11.6 Å². The van der Waals surface area contributed by atoms with Crippen LogP contribution in [0.3, 0.4) is 0 Å². The Hall–Kier alpha value is -2.01. The van der Waals surface area contributed by atoms with Crippen LogP contribution in [-0.2, 0) is 19.4 Å². The van der Waals surface area contributed by atoms with Gasteiger partial charge in [0.05, 0.1) is 5.69 Å². The van der Waals surface area contributed by atoms with Gasteiger partial charge in [0.1, 0.15) is 6.33 Å². The van der Waals surface area contributed by atoms with Gasteiger partial charge >= 0.3 is 0 Å². The summed E-state index contributed by atoms with van der Waals surface area (Å²) >= 11 is 0. The zero-order chi connectivity index (χ0) is 13.9. The van der Waals surface area contributed by atoms with Crippen molar-refractivity contribution in [3.8, 4) is 11.6 Å². The smallest absolute Gasteiger partial charge is 0.225 e. The summed E-state index contributed by atoms with van der Waals surface area (Å²) in [6.45, 7) is 0.306. The molecule has 0 atom stereocenters. The van der Waals surface area contributed by atoms with E-state index >= 15 is 0 Å². The normalized spacial score (nSPS) is 13.9. The number of fused-ring (bicyclic) bond motifs is 1. The summed E-state index contributed by atoms with van der Waals surface area (Å²) in [5.41, 5.74) is 8.24. The first-order chi connectivity index (χ1) is 9.78. The zero-order valence-electron chi connectivity index (χ0n) is 11.1. The van der Waals surface area contributed by atoms with Crippen LogP contribution < -0.4 is 10.5 Å². The van der Waals surface area contributed by atoms with Crippen LogP contribution in [0, 0.1) is 5.82 Å². The summed E-state index contributed by atoms with van der Waals surface area (Å²) in [5, 5.41) is 0. The van der Waals surface area contributed by atoms with E-state index in [9.17, 15) is 4.39 Å². The molecule has 0 radical (unpaired) electrons. The van der Waals surface area contributed by atoms with Crippen molar-refractivity contribution in [3.05, 3.63) is 47.2 Å². The van der Waals surface area contributed by atoms with Crippen molar-refractivity contribution >= 4 is 0 Å². The number of ether oxygens (including phenoxy) is 1. The van der Waals surface area contributed by atoms with Gasteiger partial charge in [-0.05, 0) is 43.4 Å². The van der Waals surface area contributed by atoms with Crippen LogP contribution in [0.15, 0.2) is 24.5 Å².